The molecule has 252 valence electrons. The Morgan fingerprint density at radius 3 is 1.39 bits per heavy atom. The summed E-state index contributed by atoms with van der Waals surface area (Å²) in [5.41, 5.74) is -14.2. The van der Waals surface area contributed by atoms with E-state index < -0.39 is 87.1 Å². The second kappa shape index (κ2) is 15.0. The second-order valence-corrected chi connectivity index (χ2v) is 9.88. The van der Waals surface area contributed by atoms with Gasteiger partial charge in [0.15, 0.2) is 40.7 Å². The van der Waals surface area contributed by atoms with Crippen molar-refractivity contribution in [1.29, 1.82) is 0 Å². The molecule has 0 aliphatic rings. The first-order valence-corrected chi connectivity index (χ1v) is 12.9. The molecule has 0 bridgehead atoms. The average molecular weight is 669 g/mol. The number of benzene rings is 2. The minimum atomic E-state index is -7.10. The highest BCUT2D eigenvalue weighted by Crippen LogP contribution is 2.53. The van der Waals surface area contributed by atoms with Gasteiger partial charge in [-0.15, -0.1) is 0 Å². The third-order valence-corrected chi connectivity index (χ3v) is 6.63. The summed E-state index contributed by atoms with van der Waals surface area (Å²) in [5.74, 6) is -32.3. The summed E-state index contributed by atoms with van der Waals surface area (Å²) >= 11 is 0. The topological polar surface area (TPSA) is 12.0 Å². The molecule has 44 heavy (non-hydrogen) atoms. The normalized spacial score (nSPS) is 13.9. The fourth-order valence-electron chi connectivity index (χ4n) is 4.37. The zero-order chi connectivity index (χ0) is 34.5. The van der Waals surface area contributed by atoms with Gasteiger partial charge in [0.25, 0.3) is 0 Å². The number of alkyl halides is 8. The molecule has 0 fully saturated rings. The van der Waals surface area contributed by atoms with Gasteiger partial charge in [0.05, 0.1) is 11.1 Å². The number of rotatable bonds is 10. The van der Waals surface area contributed by atoms with E-state index in [-0.39, 0.29) is 0 Å². The molecule has 1 N–H and O–H groups in total. The maximum absolute atomic E-state index is 13.9. The van der Waals surface area contributed by atoms with E-state index in [4.69, 9.17) is 0 Å². The van der Waals surface area contributed by atoms with Crippen molar-refractivity contribution >= 4 is 0 Å². The maximum Gasteiger partial charge on any atom is 0.458 e. The largest absolute Gasteiger partial charge is 0.458 e. The molecule has 2 atom stereocenters. The average Bonchev–Trinajstić information content (AvgIpc) is 2.91. The van der Waals surface area contributed by atoms with E-state index in [9.17, 15) is 70.2 Å². The molecule has 17 heteroatoms. The van der Waals surface area contributed by atoms with Gasteiger partial charge in [0, 0.05) is 5.56 Å². The quantitative estimate of drug-likeness (QED) is 0.151. The SMILES string of the molecule is CCCC(CC)CCC(C)CNC.Fc1c(F)c(F)c(-c2c(C(F)(F)F)c(F)c(F)c(F)c2C(F)(F)C(F)(F)F)c(F)c1F. The summed E-state index contributed by atoms with van der Waals surface area (Å²) < 4.78 is 214. The summed E-state index contributed by atoms with van der Waals surface area (Å²) in [6, 6.07) is 0. The number of hydrogen-bond donors (Lipinski definition) is 1. The van der Waals surface area contributed by atoms with Crippen molar-refractivity contribution in [3.05, 3.63) is 57.7 Å². The van der Waals surface area contributed by atoms with Crippen molar-refractivity contribution in [3.63, 3.8) is 0 Å². The highest BCUT2D eigenvalue weighted by molar-refractivity contribution is 5.75. The first-order valence-electron chi connectivity index (χ1n) is 12.9. The van der Waals surface area contributed by atoms with Crippen molar-refractivity contribution in [2.45, 2.75) is 71.2 Å². The van der Waals surface area contributed by atoms with Crippen LogP contribution in [0.15, 0.2) is 0 Å². The predicted molar refractivity (Wildman–Crippen MR) is 128 cm³/mol. The predicted octanol–water partition coefficient (Wildman–Crippen LogP) is 10.6. The molecule has 2 unspecified atom stereocenters. The van der Waals surface area contributed by atoms with Crippen LogP contribution in [0.5, 0.6) is 0 Å². The van der Waals surface area contributed by atoms with E-state index in [0.29, 0.717) is 0 Å². The molecule has 2 aromatic carbocycles. The highest BCUT2D eigenvalue weighted by Gasteiger charge is 2.63. The Labute approximate surface area is 241 Å². The van der Waals surface area contributed by atoms with Crippen LogP contribution in [0.3, 0.4) is 0 Å². The molecule has 0 heterocycles. The van der Waals surface area contributed by atoms with Crippen molar-refractivity contribution in [2.75, 3.05) is 13.6 Å². The van der Waals surface area contributed by atoms with E-state index in [1.807, 2.05) is 7.05 Å². The Morgan fingerprint density at radius 1 is 0.568 bits per heavy atom. The Bertz CT molecular complexity index is 1250. The molecule has 2 rings (SSSR count). The minimum Gasteiger partial charge on any atom is -0.319 e. The second-order valence-electron chi connectivity index (χ2n) is 9.88. The molecule has 1 nitrogen and oxygen atoms in total. The molecule has 0 spiro atoms. The van der Waals surface area contributed by atoms with Crippen LogP contribution in [-0.2, 0) is 12.1 Å². The summed E-state index contributed by atoms with van der Waals surface area (Å²) in [7, 11) is 2.04. The molecule has 0 saturated heterocycles. The first-order chi connectivity index (χ1) is 20.0. The van der Waals surface area contributed by atoms with Crippen molar-refractivity contribution < 1.29 is 70.2 Å². The Hall–Kier alpha value is -2.72. The van der Waals surface area contributed by atoms with Crippen LogP contribution in [0, 0.1) is 58.4 Å². The summed E-state index contributed by atoms with van der Waals surface area (Å²) in [6.07, 6.45) is -6.75. The maximum atomic E-state index is 13.9. The Kier molecular flexibility index (Phi) is 13.4. The lowest BCUT2D eigenvalue weighted by atomic mass is 9.88. The molecule has 2 aromatic rings. The third-order valence-electron chi connectivity index (χ3n) is 6.63. The van der Waals surface area contributed by atoms with Crippen molar-refractivity contribution in [2.24, 2.45) is 11.8 Å². The lowest BCUT2D eigenvalue weighted by Crippen LogP contribution is -2.36. The smallest absolute Gasteiger partial charge is 0.319 e. The monoisotopic (exact) mass is 669 g/mol. The van der Waals surface area contributed by atoms with Crippen LogP contribution >= 0.6 is 0 Å². The fourth-order valence-corrected chi connectivity index (χ4v) is 4.37. The fraction of sp³-hybridized carbons (Fsp3) is 0.556. The summed E-state index contributed by atoms with van der Waals surface area (Å²) in [6.45, 7) is 8.13. The van der Waals surface area contributed by atoms with Crippen LogP contribution in [0.4, 0.5) is 70.2 Å². The molecule has 0 aliphatic heterocycles. The van der Waals surface area contributed by atoms with Crippen LogP contribution in [0.1, 0.15) is 64.0 Å². The van der Waals surface area contributed by atoms with Crippen LogP contribution in [0.2, 0.25) is 0 Å². The Balaban J connectivity index is 0.000000627. The van der Waals surface area contributed by atoms with Gasteiger partial charge in [-0.25, -0.2) is 35.1 Å². The molecule has 0 aromatic heterocycles. The lowest BCUT2D eigenvalue weighted by molar-refractivity contribution is -0.290. The summed E-state index contributed by atoms with van der Waals surface area (Å²) in [4.78, 5) is 0. The summed E-state index contributed by atoms with van der Waals surface area (Å²) in [5, 5.41) is 3.24. The number of nitrogens with one attached hydrogen (secondary N) is 1. The van der Waals surface area contributed by atoms with Crippen LogP contribution in [-0.4, -0.2) is 19.8 Å². The van der Waals surface area contributed by atoms with E-state index in [1.165, 1.54) is 38.6 Å². The molecule has 0 amide bonds. The van der Waals surface area contributed by atoms with E-state index >= 15 is 0 Å². The van der Waals surface area contributed by atoms with Gasteiger partial charge in [-0.1, -0.05) is 46.5 Å². The van der Waals surface area contributed by atoms with E-state index in [0.717, 1.165) is 11.8 Å². The third kappa shape index (κ3) is 8.30. The van der Waals surface area contributed by atoms with Gasteiger partial charge >= 0.3 is 18.3 Å². The van der Waals surface area contributed by atoms with Gasteiger partial charge in [-0.2, -0.15) is 35.1 Å². The van der Waals surface area contributed by atoms with Gasteiger partial charge in [-0.05, 0) is 31.8 Å². The van der Waals surface area contributed by atoms with E-state index in [2.05, 4.69) is 26.1 Å². The zero-order valence-corrected chi connectivity index (χ0v) is 23.4. The van der Waals surface area contributed by atoms with Crippen molar-refractivity contribution in [3.8, 4) is 11.1 Å². The molecule has 0 aliphatic carbocycles. The Morgan fingerprint density at radius 2 is 1.00 bits per heavy atom. The first kappa shape index (κ1) is 39.3. The van der Waals surface area contributed by atoms with Gasteiger partial charge in [0.2, 0.25) is 5.82 Å². The highest BCUT2D eigenvalue weighted by atomic mass is 19.4. The standard InChI is InChI=1S/C15F16.C12H27N/c16-5-2(6(17)10(21)12(23)9(5)20)1-3(13(24,25)15(29,30)31)7(18)11(22)8(19)4(1)14(26,27)28;1-5-7-12(6-2)9-8-11(3)10-13-4/h;11-13H,5-10H2,1-4H3. The van der Waals surface area contributed by atoms with Crippen LogP contribution < -0.4 is 5.32 Å². The number of halogens is 16. The molecule has 0 saturated carbocycles. The zero-order valence-electron chi connectivity index (χ0n) is 23.4. The minimum absolute atomic E-state index is 0.843. The molecular weight excluding hydrogens is 642 g/mol. The van der Waals surface area contributed by atoms with Gasteiger partial charge in [-0.3, -0.25) is 0 Å². The number of hydrogen-bond acceptors (Lipinski definition) is 1. The van der Waals surface area contributed by atoms with Crippen molar-refractivity contribution in [1.82, 2.24) is 5.32 Å². The molecular formula is C27H27F16N. The van der Waals surface area contributed by atoms with E-state index in [1.54, 1.807) is 0 Å². The lowest BCUT2D eigenvalue weighted by Gasteiger charge is -2.26. The van der Waals surface area contributed by atoms with Gasteiger partial charge < -0.3 is 5.32 Å². The van der Waals surface area contributed by atoms with Gasteiger partial charge in [0.1, 0.15) is 5.56 Å². The molecule has 0 radical (unpaired) electrons. The van der Waals surface area contributed by atoms with Crippen LogP contribution in [0.25, 0.3) is 11.1 Å².